The monoisotopic (exact) mass is 220 g/mol. The zero-order valence-electron chi connectivity index (χ0n) is 10.0. The summed E-state index contributed by atoms with van der Waals surface area (Å²) in [6.45, 7) is 7.24. The van der Waals surface area contributed by atoms with Crippen molar-refractivity contribution < 1.29 is 23.8 Å². The van der Waals surface area contributed by atoms with Crippen molar-refractivity contribution in [1.82, 2.24) is 0 Å². The maximum atomic E-state index is 10.0. The Morgan fingerprint density at radius 3 is 1.80 bits per heavy atom. The molecule has 0 aliphatic heterocycles. The van der Waals surface area contributed by atoms with E-state index in [1.165, 1.54) is 13.8 Å². The molecule has 0 bridgehead atoms. The van der Waals surface area contributed by atoms with Crippen molar-refractivity contribution in [3.8, 4) is 0 Å². The lowest BCUT2D eigenvalue weighted by molar-refractivity contribution is -0.144. The van der Waals surface area contributed by atoms with E-state index in [1.807, 2.05) is 13.8 Å². The number of ether oxygens (including phenoxy) is 3. The molecule has 0 saturated heterocycles. The molecule has 0 aliphatic rings. The quantitative estimate of drug-likeness (QED) is 0.525. The topological polar surface area (TPSA) is 61.8 Å². The molecule has 0 unspecified atom stereocenters. The Morgan fingerprint density at radius 1 is 1.07 bits per heavy atom. The van der Waals surface area contributed by atoms with E-state index >= 15 is 0 Å². The van der Waals surface area contributed by atoms with Gasteiger partial charge in [0, 0.05) is 21.0 Å². The molecule has 0 aliphatic carbocycles. The summed E-state index contributed by atoms with van der Waals surface area (Å²) in [7, 11) is 1.56. The van der Waals surface area contributed by atoms with Crippen molar-refractivity contribution in [1.29, 1.82) is 0 Å². The molecule has 0 atom stereocenters. The molecule has 0 radical (unpaired) electrons. The number of hydrogen-bond acceptors (Lipinski definition) is 5. The number of methoxy groups -OCH3 is 1. The smallest absolute Gasteiger partial charge is 0.302 e. The lowest BCUT2D eigenvalue weighted by atomic mass is 10.5. The number of rotatable bonds is 4. The number of hydrogen-bond donors (Lipinski definition) is 0. The Morgan fingerprint density at radius 2 is 1.60 bits per heavy atom. The van der Waals surface area contributed by atoms with Gasteiger partial charge in [-0.15, -0.1) is 0 Å². The van der Waals surface area contributed by atoms with E-state index in [1.54, 1.807) is 7.11 Å². The van der Waals surface area contributed by atoms with Crippen LogP contribution in [0.5, 0.6) is 0 Å². The van der Waals surface area contributed by atoms with Crippen molar-refractivity contribution in [2.75, 3.05) is 20.3 Å². The second kappa shape index (κ2) is 11.0. The third-order valence-electron chi connectivity index (χ3n) is 0.994. The molecular weight excluding hydrogens is 200 g/mol. The Hall–Kier alpha value is -1.10. The fourth-order valence-corrected chi connectivity index (χ4v) is 0.601. The Kier molecular flexibility index (Phi) is 12.0. The maximum Gasteiger partial charge on any atom is 0.302 e. The molecule has 0 amide bonds. The second-order valence-electron chi connectivity index (χ2n) is 2.99. The van der Waals surface area contributed by atoms with Gasteiger partial charge < -0.3 is 14.2 Å². The predicted octanol–water partition coefficient (Wildman–Crippen LogP) is 1.15. The predicted molar refractivity (Wildman–Crippen MR) is 55.4 cm³/mol. The molecule has 0 aromatic rings. The van der Waals surface area contributed by atoms with Gasteiger partial charge in [-0.05, 0) is 13.8 Å². The molecule has 90 valence electrons. The summed E-state index contributed by atoms with van der Waals surface area (Å²) in [6, 6.07) is 0. The Labute approximate surface area is 90.7 Å². The average Bonchev–Trinajstić information content (AvgIpc) is 2.02. The summed E-state index contributed by atoms with van der Waals surface area (Å²) < 4.78 is 13.7. The van der Waals surface area contributed by atoms with Crippen molar-refractivity contribution in [2.45, 2.75) is 33.8 Å². The normalized spacial score (nSPS) is 8.93. The first-order chi connectivity index (χ1) is 6.90. The molecule has 0 aromatic heterocycles. The largest absolute Gasteiger partial charge is 0.463 e. The highest BCUT2D eigenvalue weighted by Crippen LogP contribution is 1.85. The molecule has 0 saturated carbocycles. The zero-order valence-corrected chi connectivity index (χ0v) is 10.0. The summed E-state index contributed by atoms with van der Waals surface area (Å²) in [4.78, 5) is 20.1. The fourth-order valence-electron chi connectivity index (χ4n) is 0.601. The van der Waals surface area contributed by atoms with Gasteiger partial charge in [-0.25, -0.2) is 0 Å². The Bertz CT molecular complexity index is 177. The molecule has 0 aromatic carbocycles. The van der Waals surface area contributed by atoms with Crippen molar-refractivity contribution in [3.63, 3.8) is 0 Å². The molecule has 5 heteroatoms. The zero-order chi connectivity index (χ0) is 12.3. The van der Waals surface area contributed by atoms with Crippen LogP contribution in [0.4, 0.5) is 0 Å². The standard InChI is InChI=1S/C5H10O3.C5H10O2/c1-5(6)8-4-3-7-2;1-4(2)7-5(3)6/h3-4H2,1-2H3;4H,1-3H3. The minimum atomic E-state index is -0.262. The lowest BCUT2D eigenvalue weighted by Gasteiger charge is -2.01. The third kappa shape index (κ3) is 24.6. The van der Waals surface area contributed by atoms with Crippen LogP contribution in [0.1, 0.15) is 27.7 Å². The fraction of sp³-hybridized carbons (Fsp3) is 0.800. The average molecular weight is 220 g/mol. The second-order valence-corrected chi connectivity index (χ2v) is 2.99. The lowest BCUT2D eigenvalue weighted by Crippen LogP contribution is -2.06. The van der Waals surface area contributed by atoms with Gasteiger partial charge in [-0.1, -0.05) is 0 Å². The van der Waals surface area contributed by atoms with Crippen molar-refractivity contribution in [2.24, 2.45) is 0 Å². The van der Waals surface area contributed by atoms with Gasteiger partial charge in [0.2, 0.25) is 0 Å². The molecular formula is C10H20O5. The number of esters is 2. The first-order valence-corrected chi connectivity index (χ1v) is 4.69. The number of carbonyl (C=O) groups excluding carboxylic acids is 2. The summed E-state index contributed by atoms with van der Waals surface area (Å²) in [5.41, 5.74) is 0. The first kappa shape index (κ1) is 16.3. The summed E-state index contributed by atoms with van der Waals surface area (Å²) in [6.07, 6.45) is 0.0255. The Balaban J connectivity index is 0. The van der Waals surface area contributed by atoms with Gasteiger partial charge in [0.1, 0.15) is 6.61 Å². The number of carbonyl (C=O) groups is 2. The minimum absolute atomic E-state index is 0.0255. The van der Waals surface area contributed by atoms with Crippen LogP contribution in [0.25, 0.3) is 0 Å². The molecule has 0 spiro atoms. The summed E-state index contributed by atoms with van der Waals surface area (Å²) in [5.74, 6) is -0.475. The minimum Gasteiger partial charge on any atom is -0.463 e. The SMILES string of the molecule is CC(=O)OC(C)C.COCCOC(C)=O. The van der Waals surface area contributed by atoms with Gasteiger partial charge in [0.25, 0.3) is 0 Å². The van der Waals surface area contributed by atoms with Crippen LogP contribution < -0.4 is 0 Å². The van der Waals surface area contributed by atoms with Gasteiger partial charge in [0.05, 0.1) is 12.7 Å². The van der Waals surface area contributed by atoms with Crippen LogP contribution >= 0.6 is 0 Å². The highest BCUT2D eigenvalue weighted by Gasteiger charge is 1.93. The first-order valence-electron chi connectivity index (χ1n) is 4.69. The van der Waals surface area contributed by atoms with E-state index in [-0.39, 0.29) is 18.0 Å². The van der Waals surface area contributed by atoms with Crippen LogP contribution in [-0.2, 0) is 23.8 Å². The van der Waals surface area contributed by atoms with E-state index in [9.17, 15) is 9.59 Å². The molecule has 0 rings (SSSR count). The van der Waals surface area contributed by atoms with Crippen molar-refractivity contribution in [3.05, 3.63) is 0 Å². The summed E-state index contributed by atoms with van der Waals surface area (Å²) >= 11 is 0. The van der Waals surface area contributed by atoms with Crippen LogP contribution in [-0.4, -0.2) is 38.4 Å². The van der Waals surface area contributed by atoms with Crippen LogP contribution in [0.2, 0.25) is 0 Å². The van der Waals surface area contributed by atoms with Gasteiger partial charge in [-0.3, -0.25) is 9.59 Å². The van der Waals surface area contributed by atoms with Crippen LogP contribution in [0.3, 0.4) is 0 Å². The van der Waals surface area contributed by atoms with E-state index in [2.05, 4.69) is 14.2 Å². The van der Waals surface area contributed by atoms with E-state index in [4.69, 9.17) is 0 Å². The highest BCUT2D eigenvalue weighted by atomic mass is 16.6. The van der Waals surface area contributed by atoms with Crippen molar-refractivity contribution >= 4 is 11.9 Å². The van der Waals surface area contributed by atoms with E-state index < -0.39 is 0 Å². The van der Waals surface area contributed by atoms with E-state index in [0.717, 1.165) is 0 Å². The highest BCUT2D eigenvalue weighted by molar-refractivity contribution is 5.66. The van der Waals surface area contributed by atoms with Gasteiger partial charge in [-0.2, -0.15) is 0 Å². The maximum absolute atomic E-state index is 10.0. The van der Waals surface area contributed by atoms with E-state index in [0.29, 0.717) is 13.2 Å². The van der Waals surface area contributed by atoms with Crippen LogP contribution in [0, 0.1) is 0 Å². The molecule has 0 N–H and O–H groups in total. The molecule has 0 heterocycles. The van der Waals surface area contributed by atoms with Crippen LogP contribution in [0.15, 0.2) is 0 Å². The van der Waals surface area contributed by atoms with Gasteiger partial charge in [0.15, 0.2) is 0 Å². The molecule has 15 heavy (non-hydrogen) atoms. The summed E-state index contributed by atoms with van der Waals surface area (Å²) in [5, 5.41) is 0. The van der Waals surface area contributed by atoms with Gasteiger partial charge >= 0.3 is 11.9 Å². The molecule has 5 nitrogen and oxygen atoms in total. The third-order valence-corrected chi connectivity index (χ3v) is 0.994. The molecule has 0 fully saturated rings.